The molecule has 0 fully saturated rings. The van der Waals surface area contributed by atoms with Crippen molar-refractivity contribution in [2.75, 3.05) is 0 Å². The molecule has 6 rings (SSSR count). The minimum absolute atomic E-state index is 0.893. The van der Waals surface area contributed by atoms with E-state index in [0.717, 1.165) is 54.9 Å². The number of hydrogen-bond acceptors (Lipinski definition) is 4. The van der Waals surface area contributed by atoms with E-state index in [1.54, 1.807) is 0 Å². The summed E-state index contributed by atoms with van der Waals surface area (Å²) in [6.07, 6.45) is 0. The molecule has 0 aliphatic rings. The summed E-state index contributed by atoms with van der Waals surface area (Å²) >= 11 is 0. The number of aromatic nitrogens is 4. The zero-order valence-corrected chi connectivity index (χ0v) is 13.7. The lowest BCUT2D eigenvalue weighted by Crippen LogP contribution is -1.90. The highest BCUT2D eigenvalue weighted by Crippen LogP contribution is 2.26. The largest absolute Gasteiger partial charge is 0.244 e. The second-order valence-corrected chi connectivity index (χ2v) is 6.45. The van der Waals surface area contributed by atoms with Gasteiger partial charge in [0.05, 0.1) is 44.1 Å². The Bertz CT molecular complexity index is 1270. The van der Waals surface area contributed by atoms with Gasteiger partial charge in [0.25, 0.3) is 0 Å². The van der Waals surface area contributed by atoms with E-state index in [4.69, 9.17) is 19.9 Å². The first-order chi connectivity index (χ1) is 12.8. The van der Waals surface area contributed by atoms with Crippen LogP contribution in [0, 0.1) is 0 Å². The molecule has 4 aromatic carbocycles. The van der Waals surface area contributed by atoms with E-state index in [9.17, 15) is 0 Å². The molecule has 0 N–H and O–H groups in total. The fourth-order valence-corrected chi connectivity index (χ4v) is 3.49. The van der Waals surface area contributed by atoms with Crippen LogP contribution in [0.1, 0.15) is 0 Å². The van der Waals surface area contributed by atoms with Gasteiger partial charge in [-0.2, -0.15) is 0 Å². The van der Waals surface area contributed by atoms with E-state index in [2.05, 4.69) is 24.3 Å². The molecule has 0 saturated carbocycles. The zero-order valence-electron chi connectivity index (χ0n) is 13.7. The van der Waals surface area contributed by atoms with Gasteiger partial charge in [-0.15, -0.1) is 0 Å². The van der Waals surface area contributed by atoms with Gasteiger partial charge in [0.1, 0.15) is 0 Å². The van der Waals surface area contributed by atoms with Gasteiger partial charge in [-0.3, -0.25) is 0 Å². The number of rotatable bonds is 0. The topological polar surface area (TPSA) is 51.6 Å². The molecule has 120 valence electrons. The summed E-state index contributed by atoms with van der Waals surface area (Å²) in [6.45, 7) is 0. The van der Waals surface area contributed by atoms with Crippen LogP contribution in [0.5, 0.6) is 0 Å². The molecule has 2 heterocycles. The standard InChI is InChI=1S/C22H12N4/c1-2-6-16-15(5-1)23-19-9-13-11-21-22(12-14(13)10-20(19)24-16)26-18-8-4-3-7-17(18)25-21/h1-12H. The van der Waals surface area contributed by atoms with E-state index < -0.39 is 0 Å². The summed E-state index contributed by atoms with van der Waals surface area (Å²) in [6, 6.07) is 24.2. The average molecular weight is 332 g/mol. The van der Waals surface area contributed by atoms with Crippen LogP contribution < -0.4 is 0 Å². The lowest BCUT2D eigenvalue weighted by Gasteiger charge is -2.06. The summed E-state index contributed by atoms with van der Waals surface area (Å²) in [4.78, 5) is 19.0. The van der Waals surface area contributed by atoms with Crippen molar-refractivity contribution in [3.63, 3.8) is 0 Å². The van der Waals surface area contributed by atoms with Crippen LogP contribution in [0.25, 0.3) is 54.9 Å². The quantitative estimate of drug-likeness (QED) is 0.366. The van der Waals surface area contributed by atoms with Crippen molar-refractivity contribution in [3.05, 3.63) is 72.8 Å². The summed E-state index contributed by atoms with van der Waals surface area (Å²) in [7, 11) is 0. The number of benzene rings is 4. The Balaban J connectivity index is 1.72. The molecule has 0 radical (unpaired) electrons. The van der Waals surface area contributed by atoms with Crippen LogP contribution in [0.4, 0.5) is 0 Å². The first kappa shape index (κ1) is 13.6. The smallest absolute Gasteiger partial charge is 0.0901 e. The van der Waals surface area contributed by atoms with E-state index in [0.29, 0.717) is 0 Å². The number of para-hydroxylation sites is 4. The predicted molar refractivity (Wildman–Crippen MR) is 105 cm³/mol. The fourth-order valence-electron chi connectivity index (χ4n) is 3.49. The molecule has 26 heavy (non-hydrogen) atoms. The predicted octanol–water partition coefficient (Wildman–Crippen LogP) is 5.03. The molecule has 0 saturated heterocycles. The highest BCUT2D eigenvalue weighted by atomic mass is 14.8. The molecule has 4 heteroatoms. The van der Waals surface area contributed by atoms with Crippen molar-refractivity contribution < 1.29 is 0 Å². The van der Waals surface area contributed by atoms with Gasteiger partial charge < -0.3 is 0 Å². The Morgan fingerprint density at radius 3 is 0.885 bits per heavy atom. The van der Waals surface area contributed by atoms with Gasteiger partial charge in [-0.05, 0) is 59.3 Å². The molecule has 0 atom stereocenters. The highest BCUT2D eigenvalue weighted by Gasteiger charge is 2.07. The minimum Gasteiger partial charge on any atom is -0.244 e. The second kappa shape index (κ2) is 4.92. The maximum atomic E-state index is 4.76. The van der Waals surface area contributed by atoms with E-state index in [1.807, 2.05) is 48.5 Å². The van der Waals surface area contributed by atoms with E-state index in [1.165, 1.54) is 0 Å². The molecule has 0 amide bonds. The van der Waals surface area contributed by atoms with Crippen molar-refractivity contribution in [2.24, 2.45) is 0 Å². The van der Waals surface area contributed by atoms with Gasteiger partial charge in [0, 0.05) is 0 Å². The molecular formula is C22H12N4. The SMILES string of the molecule is c1ccc2nc3cc4cc5nc6ccccc6nc5cc4cc3nc2c1. The van der Waals surface area contributed by atoms with Crippen molar-refractivity contribution in [1.82, 2.24) is 19.9 Å². The molecule has 0 spiro atoms. The Morgan fingerprint density at radius 1 is 0.346 bits per heavy atom. The molecule has 0 aliphatic heterocycles. The van der Waals surface area contributed by atoms with E-state index in [-0.39, 0.29) is 0 Å². The van der Waals surface area contributed by atoms with Crippen LogP contribution >= 0.6 is 0 Å². The van der Waals surface area contributed by atoms with Gasteiger partial charge in [-0.25, -0.2) is 19.9 Å². The highest BCUT2D eigenvalue weighted by molar-refractivity contribution is 6.03. The lowest BCUT2D eigenvalue weighted by atomic mass is 10.1. The first-order valence-corrected chi connectivity index (χ1v) is 8.50. The Labute approximate surface area is 148 Å². The molecule has 0 unspecified atom stereocenters. The van der Waals surface area contributed by atoms with Crippen LogP contribution in [0.15, 0.2) is 72.8 Å². The molecular weight excluding hydrogens is 320 g/mol. The molecule has 0 bridgehead atoms. The van der Waals surface area contributed by atoms with Crippen molar-refractivity contribution in [1.29, 1.82) is 0 Å². The Hall–Kier alpha value is -3.66. The minimum atomic E-state index is 0.893. The molecule has 2 aromatic heterocycles. The third-order valence-electron chi connectivity index (χ3n) is 4.75. The number of nitrogens with zero attached hydrogens (tertiary/aromatic N) is 4. The first-order valence-electron chi connectivity index (χ1n) is 8.50. The lowest BCUT2D eigenvalue weighted by molar-refractivity contribution is 1.39. The summed E-state index contributed by atoms with van der Waals surface area (Å²) < 4.78 is 0. The van der Waals surface area contributed by atoms with Gasteiger partial charge >= 0.3 is 0 Å². The molecule has 0 aliphatic carbocycles. The third kappa shape index (κ3) is 1.96. The van der Waals surface area contributed by atoms with Crippen molar-refractivity contribution in [3.8, 4) is 0 Å². The fraction of sp³-hybridized carbons (Fsp3) is 0. The average Bonchev–Trinajstić information content (AvgIpc) is 2.67. The second-order valence-electron chi connectivity index (χ2n) is 6.45. The molecule has 4 nitrogen and oxygen atoms in total. The number of hydrogen-bond donors (Lipinski definition) is 0. The van der Waals surface area contributed by atoms with Crippen LogP contribution in [-0.2, 0) is 0 Å². The summed E-state index contributed by atoms with van der Waals surface area (Å²) in [5, 5.41) is 2.19. The Morgan fingerprint density at radius 2 is 0.615 bits per heavy atom. The summed E-state index contributed by atoms with van der Waals surface area (Å²) in [5.41, 5.74) is 7.20. The van der Waals surface area contributed by atoms with Crippen molar-refractivity contribution >= 4 is 54.9 Å². The van der Waals surface area contributed by atoms with Crippen LogP contribution in [0.2, 0.25) is 0 Å². The van der Waals surface area contributed by atoms with Crippen molar-refractivity contribution in [2.45, 2.75) is 0 Å². The van der Waals surface area contributed by atoms with Crippen LogP contribution in [-0.4, -0.2) is 19.9 Å². The maximum absolute atomic E-state index is 4.76. The normalized spacial score (nSPS) is 11.8. The molecule has 6 aromatic rings. The van der Waals surface area contributed by atoms with Gasteiger partial charge in [0.2, 0.25) is 0 Å². The summed E-state index contributed by atoms with van der Waals surface area (Å²) in [5.74, 6) is 0. The maximum Gasteiger partial charge on any atom is 0.0901 e. The van der Waals surface area contributed by atoms with Gasteiger partial charge in [0.15, 0.2) is 0 Å². The van der Waals surface area contributed by atoms with Gasteiger partial charge in [-0.1, -0.05) is 24.3 Å². The third-order valence-corrected chi connectivity index (χ3v) is 4.75. The monoisotopic (exact) mass is 332 g/mol. The Kier molecular flexibility index (Phi) is 2.58. The zero-order chi connectivity index (χ0) is 17.1. The van der Waals surface area contributed by atoms with Crippen LogP contribution in [0.3, 0.4) is 0 Å². The van der Waals surface area contributed by atoms with E-state index >= 15 is 0 Å². The number of fused-ring (bicyclic) bond motifs is 5.